The van der Waals surface area contributed by atoms with Gasteiger partial charge in [0.05, 0.1) is 18.1 Å². The van der Waals surface area contributed by atoms with Gasteiger partial charge in [0.1, 0.15) is 5.82 Å². The van der Waals surface area contributed by atoms with Gasteiger partial charge in [-0.05, 0) is 37.4 Å². The predicted molar refractivity (Wildman–Crippen MR) is 81.2 cm³/mol. The highest BCUT2D eigenvalue weighted by Gasteiger charge is 2.24. The number of nitriles is 2. The molecule has 0 spiro atoms. The highest BCUT2D eigenvalue weighted by molar-refractivity contribution is 5.33. The molecule has 1 aromatic rings. The highest BCUT2D eigenvalue weighted by atomic mass is 15.2. The molecule has 1 saturated heterocycles. The van der Waals surface area contributed by atoms with Gasteiger partial charge in [-0.25, -0.2) is 4.98 Å². The van der Waals surface area contributed by atoms with Gasteiger partial charge in [-0.1, -0.05) is 6.07 Å². The Labute approximate surface area is 126 Å². The van der Waals surface area contributed by atoms with Crippen molar-refractivity contribution < 1.29 is 0 Å². The number of hydrogen-bond acceptors (Lipinski definition) is 5. The van der Waals surface area contributed by atoms with E-state index in [-0.39, 0.29) is 5.92 Å². The van der Waals surface area contributed by atoms with Crippen molar-refractivity contribution in [3.8, 4) is 12.1 Å². The van der Waals surface area contributed by atoms with Crippen molar-refractivity contribution in [1.82, 2.24) is 9.88 Å². The summed E-state index contributed by atoms with van der Waals surface area (Å²) in [4.78, 5) is 6.60. The quantitative estimate of drug-likeness (QED) is 0.830. The molecule has 1 aliphatic rings. The predicted octanol–water partition coefficient (Wildman–Crippen LogP) is 2.26. The minimum Gasteiger partial charge on any atom is -0.370 e. The van der Waals surface area contributed by atoms with Gasteiger partial charge >= 0.3 is 0 Å². The van der Waals surface area contributed by atoms with E-state index in [2.05, 4.69) is 27.3 Å². The van der Waals surface area contributed by atoms with Gasteiger partial charge in [0.15, 0.2) is 0 Å². The first-order chi connectivity index (χ1) is 10.3. The van der Waals surface area contributed by atoms with Crippen molar-refractivity contribution in [3.05, 3.63) is 24.4 Å². The number of hydrogen-bond donors (Lipinski definition) is 1. The molecule has 0 amide bonds. The summed E-state index contributed by atoms with van der Waals surface area (Å²) in [5.41, 5.74) is 0. The van der Waals surface area contributed by atoms with E-state index in [1.165, 1.54) is 0 Å². The lowest BCUT2D eigenvalue weighted by atomic mass is 10.1. The molecule has 2 atom stereocenters. The van der Waals surface area contributed by atoms with E-state index in [0.717, 1.165) is 38.4 Å². The summed E-state index contributed by atoms with van der Waals surface area (Å²) in [6.07, 6.45) is 4.09. The van der Waals surface area contributed by atoms with Gasteiger partial charge in [0, 0.05) is 32.3 Å². The number of anilines is 1. The summed E-state index contributed by atoms with van der Waals surface area (Å²) in [6, 6.07) is 10.3. The molecule has 0 aromatic carbocycles. The molecule has 1 aliphatic heterocycles. The van der Waals surface area contributed by atoms with Crippen molar-refractivity contribution in [2.45, 2.75) is 19.3 Å². The second kappa shape index (κ2) is 8.24. The third kappa shape index (κ3) is 5.06. The molecule has 5 heteroatoms. The number of likely N-dealkylation sites (tertiary alicyclic amines) is 1. The van der Waals surface area contributed by atoms with Crippen molar-refractivity contribution in [2.24, 2.45) is 11.8 Å². The van der Waals surface area contributed by atoms with Crippen LogP contribution in [0.4, 0.5) is 5.82 Å². The maximum Gasteiger partial charge on any atom is 0.125 e. The van der Waals surface area contributed by atoms with Crippen LogP contribution < -0.4 is 5.32 Å². The lowest BCUT2D eigenvalue weighted by Gasteiger charge is -2.19. The Bertz CT molecular complexity index is 502. The molecule has 0 unspecified atom stereocenters. The van der Waals surface area contributed by atoms with Crippen molar-refractivity contribution in [2.75, 3.05) is 31.5 Å². The molecule has 2 heterocycles. The van der Waals surface area contributed by atoms with E-state index in [1.54, 1.807) is 6.20 Å². The Morgan fingerprint density at radius 3 is 3.05 bits per heavy atom. The van der Waals surface area contributed by atoms with Crippen molar-refractivity contribution >= 4 is 5.82 Å². The monoisotopic (exact) mass is 283 g/mol. The maximum absolute atomic E-state index is 9.12. The Balaban J connectivity index is 1.71. The van der Waals surface area contributed by atoms with Crippen molar-refractivity contribution in [1.29, 1.82) is 10.5 Å². The third-order valence-electron chi connectivity index (χ3n) is 3.87. The molecular weight excluding hydrogens is 262 g/mol. The van der Waals surface area contributed by atoms with Crippen LogP contribution in [0, 0.1) is 34.5 Å². The van der Waals surface area contributed by atoms with Crippen LogP contribution in [-0.2, 0) is 0 Å². The minimum atomic E-state index is -0.0212. The molecular formula is C16H21N5. The fourth-order valence-electron chi connectivity index (χ4n) is 2.71. The molecule has 0 bridgehead atoms. The molecule has 2 rings (SSSR count). The Morgan fingerprint density at radius 1 is 1.43 bits per heavy atom. The topological polar surface area (TPSA) is 75.7 Å². The van der Waals surface area contributed by atoms with Gasteiger partial charge in [-0.15, -0.1) is 0 Å². The first-order valence-corrected chi connectivity index (χ1v) is 7.45. The minimum absolute atomic E-state index is 0.0212. The first-order valence-electron chi connectivity index (χ1n) is 7.45. The Hall–Kier alpha value is -2.11. The molecule has 0 saturated carbocycles. The highest BCUT2D eigenvalue weighted by Crippen LogP contribution is 2.19. The van der Waals surface area contributed by atoms with Crippen LogP contribution in [-0.4, -0.2) is 36.1 Å². The van der Waals surface area contributed by atoms with Crippen LogP contribution in [0.3, 0.4) is 0 Å². The summed E-state index contributed by atoms with van der Waals surface area (Å²) in [5.74, 6) is 1.49. The normalized spacial score (nSPS) is 19.6. The fourth-order valence-corrected chi connectivity index (χ4v) is 2.71. The number of nitrogens with one attached hydrogen (secondary N) is 1. The average molecular weight is 283 g/mol. The van der Waals surface area contributed by atoms with Gasteiger partial charge in [0.25, 0.3) is 0 Å². The standard InChI is InChI=1S/C16H21N5/c17-7-3-4-14(10-18)12-21-9-6-15(13-21)11-20-16-5-1-2-8-19-16/h1-2,5,8,14-15H,3-4,6,9,11-13H2,(H,19,20)/t14-,15-/m0/s1. The van der Waals surface area contributed by atoms with E-state index in [0.29, 0.717) is 18.8 Å². The Kier molecular flexibility index (Phi) is 5.99. The summed E-state index contributed by atoms with van der Waals surface area (Å²) >= 11 is 0. The molecule has 110 valence electrons. The smallest absolute Gasteiger partial charge is 0.125 e. The van der Waals surface area contributed by atoms with Crippen molar-refractivity contribution in [3.63, 3.8) is 0 Å². The van der Waals surface area contributed by atoms with Gasteiger partial charge in [-0.3, -0.25) is 0 Å². The zero-order valence-electron chi connectivity index (χ0n) is 12.2. The summed E-state index contributed by atoms with van der Waals surface area (Å²) in [5, 5.41) is 21.1. The SMILES string of the molecule is N#CCC[C@@H](C#N)CN1CC[C@@H](CNc2ccccn2)C1. The van der Waals surface area contributed by atoms with E-state index in [4.69, 9.17) is 10.5 Å². The molecule has 0 radical (unpaired) electrons. The van der Waals surface area contributed by atoms with Crippen LogP contribution in [0.25, 0.3) is 0 Å². The second-order valence-corrected chi connectivity index (χ2v) is 5.53. The van der Waals surface area contributed by atoms with Crippen LogP contribution in [0.2, 0.25) is 0 Å². The molecule has 1 N–H and O–H groups in total. The second-order valence-electron chi connectivity index (χ2n) is 5.53. The van der Waals surface area contributed by atoms with Crippen LogP contribution in [0.1, 0.15) is 19.3 Å². The summed E-state index contributed by atoms with van der Waals surface area (Å²) in [6.45, 7) is 3.77. The van der Waals surface area contributed by atoms with Gasteiger partial charge < -0.3 is 10.2 Å². The van der Waals surface area contributed by atoms with E-state index in [9.17, 15) is 0 Å². The number of aromatic nitrogens is 1. The van der Waals surface area contributed by atoms with Gasteiger partial charge in [-0.2, -0.15) is 10.5 Å². The number of rotatable bonds is 7. The lowest BCUT2D eigenvalue weighted by molar-refractivity contribution is 0.290. The van der Waals surface area contributed by atoms with E-state index in [1.807, 2.05) is 18.2 Å². The molecule has 1 aromatic heterocycles. The average Bonchev–Trinajstić information content (AvgIpc) is 2.98. The van der Waals surface area contributed by atoms with Crippen LogP contribution in [0.5, 0.6) is 0 Å². The molecule has 5 nitrogen and oxygen atoms in total. The fraction of sp³-hybridized carbons (Fsp3) is 0.562. The first kappa shape index (κ1) is 15.3. The maximum atomic E-state index is 9.12. The third-order valence-corrected chi connectivity index (χ3v) is 3.87. The number of pyridine rings is 1. The summed E-state index contributed by atoms with van der Waals surface area (Å²) < 4.78 is 0. The van der Waals surface area contributed by atoms with Gasteiger partial charge in [0.2, 0.25) is 0 Å². The van der Waals surface area contributed by atoms with E-state index >= 15 is 0 Å². The largest absolute Gasteiger partial charge is 0.370 e. The summed E-state index contributed by atoms with van der Waals surface area (Å²) in [7, 11) is 0. The number of nitrogens with zero attached hydrogens (tertiary/aromatic N) is 4. The van der Waals surface area contributed by atoms with Crippen LogP contribution in [0.15, 0.2) is 24.4 Å². The molecule has 21 heavy (non-hydrogen) atoms. The van der Waals surface area contributed by atoms with E-state index < -0.39 is 0 Å². The molecule has 1 fully saturated rings. The van der Waals surface area contributed by atoms with Crippen LogP contribution >= 0.6 is 0 Å². The lowest BCUT2D eigenvalue weighted by Crippen LogP contribution is -2.28. The zero-order chi connectivity index (χ0) is 14.9. The molecule has 0 aliphatic carbocycles. The zero-order valence-corrected chi connectivity index (χ0v) is 12.2. The Morgan fingerprint density at radius 2 is 2.33 bits per heavy atom.